The number of furan rings is 1. The van der Waals surface area contributed by atoms with E-state index in [1.54, 1.807) is 0 Å². The molecule has 3 rings (SSSR count). The number of hydrogen-bond donors (Lipinski definition) is 0. The van der Waals surface area contributed by atoms with E-state index in [0.29, 0.717) is 5.92 Å². The Balaban J connectivity index is 2.44. The van der Waals surface area contributed by atoms with E-state index in [1.807, 2.05) is 6.26 Å². The zero-order valence-electron chi connectivity index (χ0n) is 10.0. The van der Waals surface area contributed by atoms with Gasteiger partial charge in [-0.3, -0.25) is 0 Å². The minimum atomic E-state index is 0.624. The molecule has 0 saturated carbocycles. The van der Waals surface area contributed by atoms with Crippen molar-refractivity contribution in [3.63, 3.8) is 0 Å². The van der Waals surface area contributed by atoms with Crippen molar-refractivity contribution in [1.29, 1.82) is 0 Å². The topological polar surface area (TPSA) is 13.1 Å². The molecule has 1 aliphatic carbocycles. The summed E-state index contributed by atoms with van der Waals surface area (Å²) in [5, 5.41) is 1.31. The number of benzene rings is 1. The van der Waals surface area contributed by atoms with Gasteiger partial charge in [-0.05, 0) is 54.5 Å². The molecule has 1 heteroatoms. The van der Waals surface area contributed by atoms with Crippen LogP contribution in [0.4, 0.5) is 0 Å². The first kappa shape index (κ1) is 9.71. The molecule has 0 amide bonds. The second kappa shape index (κ2) is 3.24. The van der Waals surface area contributed by atoms with E-state index in [1.165, 1.54) is 27.6 Å². The molecule has 16 heavy (non-hydrogen) atoms. The van der Waals surface area contributed by atoms with Gasteiger partial charge in [-0.2, -0.15) is 0 Å². The maximum atomic E-state index is 5.60. The van der Waals surface area contributed by atoms with Crippen LogP contribution in [0.5, 0.6) is 0 Å². The van der Waals surface area contributed by atoms with Gasteiger partial charge in [0.15, 0.2) is 0 Å². The molecule has 0 N–H and O–H groups in total. The van der Waals surface area contributed by atoms with E-state index in [4.69, 9.17) is 4.42 Å². The van der Waals surface area contributed by atoms with Crippen molar-refractivity contribution in [3.8, 4) is 0 Å². The van der Waals surface area contributed by atoms with Gasteiger partial charge in [-0.1, -0.05) is 19.1 Å². The minimum absolute atomic E-state index is 0.624. The molecule has 0 bridgehead atoms. The molecule has 1 atom stereocenters. The Hall–Kier alpha value is -1.50. The average molecular weight is 212 g/mol. The standard InChI is InChI=1S/C15H16O/c1-9-5-4-6-12-7-13-15(10(2)8-16-13)11(3)14(9)12/h4,6-9H,5H2,1-3H3. The Labute approximate surface area is 95.8 Å². The third-order valence-corrected chi connectivity index (χ3v) is 3.66. The number of fused-ring (bicyclic) bond motifs is 2. The summed E-state index contributed by atoms with van der Waals surface area (Å²) in [5.74, 6) is 0.624. The highest BCUT2D eigenvalue weighted by molar-refractivity contribution is 5.88. The van der Waals surface area contributed by atoms with Gasteiger partial charge in [0.25, 0.3) is 0 Å². The highest BCUT2D eigenvalue weighted by Crippen LogP contribution is 2.37. The SMILES string of the molecule is Cc1coc2cc3c(c(C)c12)C(C)CC=C3. The number of aryl methyl sites for hydroxylation is 2. The van der Waals surface area contributed by atoms with Gasteiger partial charge >= 0.3 is 0 Å². The summed E-state index contributed by atoms with van der Waals surface area (Å²) in [6.07, 6.45) is 7.49. The van der Waals surface area contributed by atoms with Crippen LogP contribution < -0.4 is 0 Å². The van der Waals surface area contributed by atoms with Crippen LogP contribution in [0, 0.1) is 13.8 Å². The second-order valence-electron chi connectivity index (χ2n) is 4.84. The van der Waals surface area contributed by atoms with E-state index in [-0.39, 0.29) is 0 Å². The summed E-state index contributed by atoms with van der Waals surface area (Å²) in [6, 6.07) is 2.18. The lowest BCUT2D eigenvalue weighted by molar-refractivity contribution is 0.612. The van der Waals surface area contributed by atoms with Crippen molar-refractivity contribution in [2.45, 2.75) is 33.1 Å². The molecule has 1 aliphatic rings. The fraction of sp³-hybridized carbons (Fsp3) is 0.333. The average Bonchev–Trinajstić information content (AvgIpc) is 2.60. The highest BCUT2D eigenvalue weighted by atomic mass is 16.3. The molecule has 1 aromatic carbocycles. The summed E-state index contributed by atoms with van der Waals surface area (Å²) in [6.45, 7) is 6.64. The van der Waals surface area contributed by atoms with E-state index in [2.05, 4.69) is 39.0 Å². The van der Waals surface area contributed by atoms with Crippen LogP contribution >= 0.6 is 0 Å². The van der Waals surface area contributed by atoms with Crippen molar-refractivity contribution >= 4 is 17.0 Å². The third kappa shape index (κ3) is 1.18. The van der Waals surface area contributed by atoms with Crippen LogP contribution in [-0.4, -0.2) is 0 Å². The van der Waals surface area contributed by atoms with Gasteiger partial charge in [0.2, 0.25) is 0 Å². The number of rotatable bonds is 0. The fourth-order valence-electron chi connectivity index (χ4n) is 2.93. The predicted octanol–water partition coefficient (Wildman–Crippen LogP) is 4.57. The summed E-state index contributed by atoms with van der Waals surface area (Å²) >= 11 is 0. The Morgan fingerprint density at radius 1 is 1.31 bits per heavy atom. The minimum Gasteiger partial charge on any atom is -0.464 e. The molecule has 1 unspecified atom stereocenters. The van der Waals surface area contributed by atoms with E-state index in [0.717, 1.165) is 12.0 Å². The molecule has 1 heterocycles. The zero-order chi connectivity index (χ0) is 11.3. The molecule has 0 aliphatic heterocycles. The van der Waals surface area contributed by atoms with Crippen LogP contribution in [0.2, 0.25) is 0 Å². The Morgan fingerprint density at radius 2 is 2.12 bits per heavy atom. The Morgan fingerprint density at radius 3 is 2.94 bits per heavy atom. The van der Waals surface area contributed by atoms with Gasteiger partial charge in [0, 0.05) is 5.39 Å². The van der Waals surface area contributed by atoms with Gasteiger partial charge < -0.3 is 4.42 Å². The lowest BCUT2D eigenvalue weighted by atomic mass is 9.84. The molecule has 0 fully saturated rings. The fourth-order valence-corrected chi connectivity index (χ4v) is 2.93. The quantitative estimate of drug-likeness (QED) is 0.623. The van der Waals surface area contributed by atoms with E-state index >= 15 is 0 Å². The summed E-state index contributed by atoms with van der Waals surface area (Å²) in [4.78, 5) is 0. The van der Waals surface area contributed by atoms with Gasteiger partial charge in [0.1, 0.15) is 5.58 Å². The smallest absolute Gasteiger partial charge is 0.135 e. The predicted molar refractivity (Wildman–Crippen MR) is 67.8 cm³/mol. The summed E-state index contributed by atoms with van der Waals surface area (Å²) < 4.78 is 5.60. The summed E-state index contributed by atoms with van der Waals surface area (Å²) in [7, 11) is 0. The first-order chi connectivity index (χ1) is 7.68. The normalized spacial score (nSPS) is 19.1. The molecule has 0 saturated heterocycles. The maximum absolute atomic E-state index is 5.60. The molecule has 2 aromatic rings. The lowest BCUT2D eigenvalue weighted by Crippen LogP contribution is -2.03. The largest absolute Gasteiger partial charge is 0.464 e. The first-order valence-electron chi connectivity index (χ1n) is 5.86. The number of allylic oxidation sites excluding steroid dienone is 1. The van der Waals surface area contributed by atoms with Crippen LogP contribution in [0.15, 0.2) is 22.8 Å². The molecule has 1 aromatic heterocycles. The molecule has 1 nitrogen and oxygen atoms in total. The summed E-state index contributed by atoms with van der Waals surface area (Å²) in [5.41, 5.74) is 6.50. The van der Waals surface area contributed by atoms with Crippen LogP contribution in [0.3, 0.4) is 0 Å². The Kier molecular flexibility index (Phi) is 1.97. The molecular formula is C15H16O. The van der Waals surface area contributed by atoms with Gasteiger partial charge in [-0.25, -0.2) is 0 Å². The van der Waals surface area contributed by atoms with Crippen LogP contribution in [0.1, 0.15) is 41.5 Å². The van der Waals surface area contributed by atoms with Crippen molar-refractivity contribution in [2.24, 2.45) is 0 Å². The van der Waals surface area contributed by atoms with E-state index < -0.39 is 0 Å². The molecular weight excluding hydrogens is 196 g/mol. The van der Waals surface area contributed by atoms with Crippen molar-refractivity contribution in [1.82, 2.24) is 0 Å². The van der Waals surface area contributed by atoms with Crippen LogP contribution in [-0.2, 0) is 0 Å². The van der Waals surface area contributed by atoms with E-state index in [9.17, 15) is 0 Å². The molecule has 0 radical (unpaired) electrons. The maximum Gasteiger partial charge on any atom is 0.135 e. The molecule has 0 spiro atoms. The van der Waals surface area contributed by atoms with Gasteiger partial charge in [-0.15, -0.1) is 0 Å². The highest BCUT2D eigenvalue weighted by Gasteiger charge is 2.19. The Bertz CT molecular complexity index is 587. The van der Waals surface area contributed by atoms with Gasteiger partial charge in [0.05, 0.1) is 6.26 Å². The third-order valence-electron chi connectivity index (χ3n) is 3.66. The first-order valence-corrected chi connectivity index (χ1v) is 5.86. The van der Waals surface area contributed by atoms with Crippen LogP contribution in [0.25, 0.3) is 17.0 Å². The monoisotopic (exact) mass is 212 g/mol. The van der Waals surface area contributed by atoms with Crippen molar-refractivity contribution < 1.29 is 4.42 Å². The molecule has 82 valence electrons. The van der Waals surface area contributed by atoms with Crippen molar-refractivity contribution in [3.05, 3.63) is 40.7 Å². The lowest BCUT2D eigenvalue weighted by Gasteiger charge is -2.20. The zero-order valence-corrected chi connectivity index (χ0v) is 10.0. The van der Waals surface area contributed by atoms with Crippen molar-refractivity contribution in [2.75, 3.05) is 0 Å². The second-order valence-corrected chi connectivity index (χ2v) is 4.84. The number of hydrogen-bond acceptors (Lipinski definition) is 1.